The van der Waals surface area contributed by atoms with Crippen molar-refractivity contribution in [2.75, 3.05) is 26.7 Å². The average molecular weight is 448 g/mol. The third kappa shape index (κ3) is 5.26. The lowest BCUT2D eigenvalue weighted by atomic mass is 9.90. The van der Waals surface area contributed by atoms with Crippen LogP contribution in [0.2, 0.25) is 0 Å². The van der Waals surface area contributed by atoms with E-state index in [9.17, 15) is 14.0 Å². The summed E-state index contributed by atoms with van der Waals surface area (Å²) < 4.78 is 19.2. The molecule has 1 N–H and O–H groups in total. The number of likely N-dealkylation sites (N-methyl/N-ethyl adjacent to an activating group) is 1. The molecule has 3 aromatic rings. The Morgan fingerprint density at radius 2 is 1.76 bits per heavy atom. The first-order chi connectivity index (χ1) is 16.0. The molecule has 1 saturated heterocycles. The van der Waals surface area contributed by atoms with Crippen molar-refractivity contribution in [2.45, 2.75) is 18.4 Å². The van der Waals surface area contributed by atoms with Crippen molar-refractivity contribution >= 4 is 11.8 Å². The molecule has 2 amide bonds. The van der Waals surface area contributed by atoms with Gasteiger partial charge >= 0.3 is 0 Å². The summed E-state index contributed by atoms with van der Waals surface area (Å²) >= 11 is 0. The minimum Gasteiger partial charge on any atom is -0.361 e. The van der Waals surface area contributed by atoms with E-state index in [0.717, 1.165) is 22.3 Å². The van der Waals surface area contributed by atoms with Gasteiger partial charge in [0.2, 0.25) is 5.91 Å². The molecule has 0 spiro atoms. The van der Waals surface area contributed by atoms with Crippen LogP contribution in [-0.4, -0.2) is 54.0 Å². The molecular formula is C26H26FN3O3. The zero-order valence-corrected chi connectivity index (χ0v) is 18.5. The van der Waals surface area contributed by atoms with Crippen molar-refractivity contribution in [3.05, 3.63) is 90.0 Å². The van der Waals surface area contributed by atoms with Gasteiger partial charge in [0.1, 0.15) is 5.82 Å². The van der Waals surface area contributed by atoms with Gasteiger partial charge in [-0.2, -0.15) is 0 Å². The minimum atomic E-state index is -1.17. The summed E-state index contributed by atoms with van der Waals surface area (Å²) in [5.41, 5.74) is 2.42. The smallest absolute Gasteiger partial charge is 0.254 e. The van der Waals surface area contributed by atoms with Crippen LogP contribution in [0.1, 0.15) is 11.1 Å². The van der Waals surface area contributed by atoms with E-state index in [4.69, 9.17) is 4.74 Å². The van der Waals surface area contributed by atoms with Crippen molar-refractivity contribution in [3.63, 3.8) is 0 Å². The van der Waals surface area contributed by atoms with Crippen LogP contribution in [0.15, 0.2) is 73.1 Å². The lowest BCUT2D eigenvalue weighted by molar-refractivity contribution is -0.165. The summed E-state index contributed by atoms with van der Waals surface area (Å²) in [6.07, 6.45) is 3.89. The molecule has 1 aliphatic rings. The highest BCUT2D eigenvalue weighted by atomic mass is 19.1. The maximum atomic E-state index is 13.2. The van der Waals surface area contributed by atoms with Crippen molar-refractivity contribution in [1.29, 1.82) is 0 Å². The first-order valence-electron chi connectivity index (χ1n) is 10.9. The van der Waals surface area contributed by atoms with E-state index in [2.05, 4.69) is 10.3 Å². The molecule has 2 aromatic carbocycles. The first kappa shape index (κ1) is 22.6. The number of hydrogen-bond acceptors (Lipinski definition) is 4. The molecule has 170 valence electrons. The van der Waals surface area contributed by atoms with Crippen LogP contribution in [0.5, 0.6) is 0 Å². The second kappa shape index (κ2) is 9.92. The van der Waals surface area contributed by atoms with Gasteiger partial charge < -0.3 is 15.0 Å². The number of carbonyl (C=O) groups is 2. The number of pyridine rings is 1. The molecule has 33 heavy (non-hydrogen) atoms. The van der Waals surface area contributed by atoms with Crippen LogP contribution in [0.3, 0.4) is 0 Å². The molecule has 0 bridgehead atoms. The highest BCUT2D eigenvalue weighted by Crippen LogP contribution is 2.27. The van der Waals surface area contributed by atoms with Gasteiger partial charge in [0, 0.05) is 32.4 Å². The molecule has 0 unspecified atom stereocenters. The van der Waals surface area contributed by atoms with E-state index in [-0.39, 0.29) is 37.2 Å². The number of halogens is 1. The fourth-order valence-corrected chi connectivity index (χ4v) is 4.13. The number of morpholine rings is 1. The molecule has 1 aromatic heterocycles. The summed E-state index contributed by atoms with van der Waals surface area (Å²) in [5.74, 6) is -0.602. The van der Waals surface area contributed by atoms with Gasteiger partial charge in [0.15, 0.2) is 5.60 Å². The molecule has 1 fully saturated rings. The Labute approximate surface area is 192 Å². The Morgan fingerprint density at radius 3 is 2.39 bits per heavy atom. The number of ether oxygens (including phenoxy) is 1. The quantitative estimate of drug-likeness (QED) is 0.631. The van der Waals surface area contributed by atoms with Crippen LogP contribution in [-0.2, 0) is 27.2 Å². The predicted molar refractivity (Wildman–Crippen MR) is 123 cm³/mol. The fraction of sp³-hybridized carbons (Fsp3) is 0.269. The molecule has 0 saturated carbocycles. The summed E-state index contributed by atoms with van der Waals surface area (Å²) in [5, 5.41) is 2.70. The molecule has 1 aliphatic heterocycles. The maximum Gasteiger partial charge on any atom is 0.254 e. The van der Waals surface area contributed by atoms with Crippen LogP contribution >= 0.6 is 0 Å². The van der Waals surface area contributed by atoms with Crippen LogP contribution in [0.25, 0.3) is 11.1 Å². The number of carbonyl (C=O) groups excluding carboxylic acids is 2. The molecule has 4 rings (SSSR count). The van der Waals surface area contributed by atoms with E-state index < -0.39 is 5.60 Å². The number of nitrogens with one attached hydrogen (secondary N) is 1. The van der Waals surface area contributed by atoms with Crippen molar-refractivity contribution in [3.8, 4) is 11.1 Å². The van der Waals surface area contributed by atoms with Crippen LogP contribution in [0.4, 0.5) is 4.39 Å². The lowest BCUT2D eigenvalue weighted by Crippen LogP contribution is -2.61. The summed E-state index contributed by atoms with van der Waals surface area (Å²) in [4.78, 5) is 31.6. The van der Waals surface area contributed by atoms with Crippen molar-refractivity contribution in [2.24, 2.45) is 0 Å². The normalized spacial score (nSPS) is 18.1. The Hall–Kier alpha value is -3.58. The number of aromatic nitrogens is 1. The number of amides is 2. The van der Waals surface area contributed by atoms with E-state index in [0.29, 0.717) is 13.0 Å². The topological polar surface area (TPSA) is 71.5 Å². The van der Waals surface area contributed by atoms with Gasteiger partial charge in [-0.05, 0) is 40.5 Å². The standard InChI is InChI=1S/C26H26FN3O3/c1-28-25(32)26(16-19-4-6-21(7-5-19)22-8-10-23(27)11-9-22)18-30(13-14-33-26)24(31)15-20-3-2-12-29-17-20/h2-12,17H,13-16,18H2,1H3,(H,28,32)/t26-/m0/s1. The minimum absolute atomic E-state index is 0.0637. The summed E-state index contributed by atoms with van der Waals surface area (Å²) in [7, 11) is 1.57. The maximum absolute atomic E-state index is 13.2. The highest BCUT2D eigenvalue weighted by molar-refractivity contribution is 5.87. The SMILES string of the molecule is CNC(=O)[C@]1(Cc2ccc(-c3ccc(F)cc3)cc2)CN(C(=O)Cc2cccnc2)CCO1. The molecule has 1 atom stereocenters. The molecule has 6 nitrogen and oxygen atoms in total. The zero-order chi connectivity index (χ0) is 23.3. The van der Waals surface area contributed by atoms with E-state index >= 15 is 0 Å². The first-order valence-corrected chi connectivity index (χ1v) is 10.9. The van der Waals surface area contributed by atoms with Gasteiger partial charge in [0.25, 0.3) is 5.91 Å². The highest BCUT2D eigenvalue weighted by Gasteiger charge is 2.44. The van der Waals surface area contributed by atoms with E-state index in [1.165, 1.54) is 12.1 Å². The predicted octanol–water partition coefficient (Wildman–Crippen LogP) is 3.02. The Balaban J connectivity index is 1.51. The van der Waals surface area contributed by atoms with Gasteiger partial charge in [-0.3, -0.25) is 14.6 Å². The van der Waals surface area contributed by atoms with Crippen molar-refractivity contribution in [1.82, 2.24) is 15.2 Å². The second-order valence-corrected chi connectivity index (χ2v) is 8.16. The third-order valence-corrected chi connectivity index (χ3v) is 5.88. The summed E-state index contributed by atoms with van der Waals surface area (Å²) in [6.45, 7) is 0.882. The summed E-state index contributed by atoms with van der Waals surface area (Å²) in [6, 6.07) is 17.7. The van der Waals surface area contributed by atoms with Gasteiger partial charge in [-0.25, -0.2) is 4.39 Å². The van der Waals surface area contributed by atoms with Crippen LogP contribution in [0, 0.1) is 5.82 Å². The fourth-order valence-electron chi connectivity index (χ4n) is 4.13. The van der Waals surface area contributed by atoms with Crippen molar-refractivity contribution < 1.29 is 18.7 Å². The van der Waals surface area contributed by atoms with Gasteiger partial charge in [-0.1, -0.05) is 42.5 Å². The average Bonchev–Trinajstić information content (AvgIpc) is 2.85. The van der Waals surface area contributed by atoms with E-state index in [1.807, 2.05) is 30.3 Å². The number of benzene rings is 2. The third-order valence-electron chi connectivity index (χ3n) is 5.88. The number of hydrogen-bond donors (Lipinski definition) is 1. The lowest BCUT2D eigenvalue weighted by Gasteiger charge is -2.41. The Kier molecular flexibility index (Phi) is 6.79. The van der Waals surface area contributed by atoms with Gasteiger partial charge in [-0.15, -0.1) is 0 Å². The molecule has 2 heterocycles. The van der Waals surface area contributed by atoms with Gasteiger partial charge in [0.05, 0.1) is 19.6 Å². The molecular weight excluding hydrogens is 421 g/mol. The largest absolute Gasteiger partial charge is 0.361 e. The Bertz CT molecular complexity index is 1100. The van der Waals surface area contributed by atoms with Crippen LogP contribution < -0.4 is 5.32 Å². The second-order valence-electron chi connectivity index (χ2n) is 8.16. The molecule has 0 aliphatic carbocycles. The Morgan fingerprint density at radius 1 is 1.06 bits per heavy atom. The molecule has 0 radical (unpaired) electrons. The number of rotatable bonds is 6. The van der Waals surface area contributed by atoms with E-state index in [1.54, 1.807) is 42.5 Å². The number of nitrogens with zero attached hydrogens (tertiary/aromatic N) is 2. The molecule has 7 heteroatoms. The monoisotopic (exact) mass is 447 g/mol. The zero-order valence-electron chi connectivity index (χ0n) is 18.5.